The third-order valence-electron chi connectivity index (χ3n) is 3.17. The summed E-state index contributed by atoms with van der Waals surface area (Å²) in [6, 6.07) is 2.04. The molecule has 1 heterocycles. The lowest BCUT2D eigenvalue weighted by Crippen LogP contribution is -2.32. The molecule has 0 saturated heterocycles. The summed E-state index contributed by atoms with van der Waals surface area (Å²) < 4.78 is 0. The Morgan fingerprint density at radius 2 is 2.00 bits per heavy atom. The average Bonchev–Trinajstić information content (AvgIpc) is 2.29. The summed E-state index contributed by atoms with van der Waals surface area (Å²) >= 11 is 0. The Hall–Kier alpha value is -1.85. The molecule has 0 aliphatic heterocycles. The van der Waals surface area contributed by atoms with Crippen LogP contribution in [0.2, 0.25) is 0 Å². The van der Waals surface area contributed by atoms with Crippen LogP contribution in [-0.2, 0) is 4.79 Å². The van der Waals surface area contributed by atoms with Gasteiger partial charge in [0.05, 0.1) is 0 Å². The molecule has 6 nitrogen and oxygen atoms in total. The summed E-state index contributed by atoms with van der Waals surface area (Å²) in [6.45, 7) is 0. The number of carbonyl (C=O) groups is 1. The number of hydrogen-bond acceptors (Lipinski definition) is 5. The highest BCUT2D eigenvalue weighted by atomic mass is 16.1. The SMILES string of the molecule is NC(=O)C1CCC(Nc2cc(N)ncn2)CC1. The Kier molecular flexibility index (Phi) is 3.41. The van der Waals surface area contributed by atoms with Gasteiger partial charge < -0.3 is 16.8 Å². The molecule has 0 radical (unpaired) electrons. The van der Waals surface area contributed by atoms with Crippen molar-refractivity contribution in [3.05, 3.63) is 12.4 Å². The molecule has 1 aliphatic rings. The third-order valence-corrected chi connectivity index (χ3v) is 3.17. The van der Waals surface area contributed by atoms with Crippen LogP contribution in [0.4, 0.5) is 11.6 Å². The van der Waals surface area contributed by atoms with Crippen molar-refractivity contribution in [2.45, 2.75) is 31.7 Å². The maximum absolute atomic E-state index is 11.0. The predicted molar refractivity (Wildman–Crippen MR) is 65.0 cm³/mol. The normalized spacial score (nSPS) is 24.2. The van der Waals surface area contributed by atoms with Crippen LogP contribution in [0.5, 0.6) is 0 Å². The minimum Gasteiger partial charge on any atom is -0.384 e. The van der Waals surface area contributed by atoms with Gasteiger partial charge in [0.2, 0.25) is 5.91 Å². The fourth-order valence-electron chi connectivity index (χ4n) is 2.18. The Morgan fingerprint density at radius 1 is 1.29 bits per heavy atom. The van der Waals surface area contributed by atoms with Crippen LogP contribution in [0.15, 0.2) is 12.4 Å². The van der Waals surface area contributed by atoms with E-state index in [2.05, 4.69) is 15.3 Å². The van der Waals surface area contributed by atoms with Gasteiger partial charge in [-0.2, -0.15) is 0 Å². The molecule has 1 aromatic heterocycles. The van der Waals surface area contributed by atoms with Crippen molar-refractivity contribution in [3.8, 4) is 0 Å². The first-order valence-electron chi connectivity index (χ1n) is 5.78. The number of nitrogen functional groups attached to an aromatic ring is 1. The van der Waals surface area contributed by atoms with Gasteiger partial charge >= 0.3 is 0 Å². The van der Waals surface area contributed by atoms with E-state index in [0.29, 0.717) is 11.9 Å². The van der Waals surface area contributed by atoms with E-state index in [1.165, 1.54) is 6.33 Å². The number of primary amides is 1. The fraction of sp³-hybridized carbons (Fsp3) is 0.545. The first kappa shape index (κ1) is 11.6. The number of amides is 1. The average molecular weight is 235 g/mol. The molecule has 6 heteroatoms. The van der Waals surface area contributed by atoms with Gasteiger partial charge in [0.1, 0.15) is 18.0 Å². The second-order valence-corrected chi connectivity index (χ2v) is 4.42. The minimum absolute atomic E-state index is 0.0310. The van der Waals surface area contributed by atoms with Crippen molar-refractivity contribution in [2.24, 2.45) is 11.7 Å². The topological polar surface area (TPSA) is 107 Å². The highest BCUT2D eigenvalue weighted by Gasteiger charge is 2.24. The number of rotatable bonds is 3. The van der Waals surface area contributed by atoms with Crippen LogP contribution in [0.1, 0.15) is 25.7 Å². The lowest BCUT2D eigenvalue weighted by Gasteiger charge is -2.27. The molecular weight excluding hydrogens is 218 g/mol. The summed E-state index contributed by atoms with van der Waals surface area (Å²) in [5.41, 5.74) is 10.9. The van der Waals surface area contributed by atoms with Crippen LogP contribution in [0, 0.1) is 5.92 Å². The smallest absolute Gasteiger partial charge is 0.220 e. The first-order chi connectivity index (χ1) is 8.15. The molecule has 2 rings (SSSR count). The van der Waals surface area contributed by atoms with Crippen LogP contribution in [0.25, 0.3) is 0 Å². The molecule has 0 bridgehead atoms. The lowest BCUT2D eigenvalue weighted by molar-refractivity contribution is -0.122. The fourth-order valence-corrected chi connectivity index (χ4v) is 2.18. The Labute approximate surface area is 99.8 Å². The number of nitrogens with zero attached hydrogens (tertiary/aromatic N) is 2. The molecule has 1 saturated carbocycles. The van der Waals surface area contributed by atoms with E-state index in [0.717, 1.165) is 31.5 Å². The van der Waals surface area contributed by atoms with E-state index in [9.17, 15) is 4.79 Å². The van der Waals surface area contributed by atoms with Gasteiger partial charge in [-0.05, 0) is 25.7 Å². The molecule has 5 N–H and O–H groups in total. The third kappa shape index (κ3) is 3.05. The van der Waals surface area contributed by atoms with Crippen molar-refractivity contribution in [3.63, 3.8) is 0 Å². The van der Waals surface area contributed by atoms with E-state index in [-0.39, 0.29) is 11.8 Å². The summed E-state index contributed by atoms with van der Waals surface area (Å²) in [5.74, 6) is 1.03. The quantitative estimate of drug-likeness (QED) is 0.707. The molecule has 0 atom stereocenters. The number of nitrogens with one attached hydrogen (secondary N) is 1. The minimum atomic E-state index is -0.185. The summed E-state index contributed by atoms with van der Waals surface area (Å²) in [7, 11) is 0. The maximum atomic E-state index is 11.0. The number of anilines is 2. The molecule has 1 aliphatic carbocycles. The summed E-state index contributed by atoms with van der Waals surface area (Å²) in [6.07, 6.45) is 4.98. The number of nitrogens with two attached hydrogens (primary N) is 2. The van der Waals surface area contributed by atoms with Gasteiger partial charge in [0.15, 0.2) is 0 Å². The van der Waals surface area contributed by atoms with Crippen molar-refractivity contribution in [1.29, 1.82) is 0 Å². The van der Waals surface area contributed by atoms with Crippen molar-refractivity contribution in [2.75, 3.05) is 11.1 Å². The van der Waals surface area contributed by atoms with E-state index in [4.69, 9.17) is 11.5 Å². The van der Waals surface area contributed by atoms with Crippen molar-refractivity contribution >= 4 is 17.5 Å². The Balaban J connectivity index is 1.88. The molecule has 0 aromatic carbocycles. The number of aromatic nitrogens is 2. The van der Waals surface area contributed by atoms with E-state index in [1.54, 1.807) is 6.07 Å². The standard InChI is InChI=1S/C11H17N5O/c12-9-5-10(15-6-14-9)16-8-3-1-7(2-4-8)11(13)17/h5-8H,1-4H2,(H2,13,17)(H3,12,14,15,16). The van der Waals surface area contributed by atoms with Gasteiger partial charge in [0, 0.05) is 18.0 Å². The molecule has 0 unspecified atom stereocenters. The van der Waals surface area contributed by atoms with Crippen LogP contribution in [0.3, 0.4) is 0 Å². The molecule has 0 spiro atoms. The molecular formula is C11H17N5O. The number of carbonyl (C=O) groups excluding carboxylic acids is 1. The van der Waals surface area contributed by atoms with Crippen LogP contribution in [-0.4, -0.2) is 21.9 Å². The zero-order valence-corrected chi connectivity index (χ0v) is 9.60. The zero-order chi connectivity index (χ0) is 12.3. The molecule has 1 amide bonds. The molecule has 1 aromatic rings. The number of hydrogen-bond donors (Lipinski definition) is 3. The van der Waals surface area contributed by atoms with E-state index in [1.807, 2.05) is 0 Å². The molecule has 1 fully saturated rings. The summed E-state index contributed by atoms with van der Waals surface area (Å²) in [4.78, 5) is 19.0. The van der Waals surface area contributed by atoms with Gasteiger partial charge in [-0.1, -0.05) is 0 Å². The lowest BCUT2D eigenvalue weighted by atomic mass is 9.85. The van der Waals surface area contributed by atoms with Crippen LogP contribution >= 0.6 is 0 Å². The maximum Gasteiger partial charge on any atom is 0.220 e. The Morgan fingerprint density at radius 3 is 2.59 bits per heavy atom. The van der Waals surface area contributed by atoms with Gasteiger partial charge in [-0.15, -0.1) is 0 Å². The monoisotopic (exact) mass is 235 g/mol. The Bertz CT molecular complexity index is 401. The second-order valence-electron chi connectivity index (χ2n) is 4.42. The van der Waals surface area contributed by atoms with Crippen molar-refractivity contribution in [1.82, 2.24) is 9.97 Å². The predicted octanol–water partition coefficient (Wildman–Crippen LogP) is 0.515. The van der Waals surface area contributed by atoms with E-state index < -0.39 is 0 Å². The molecule has 92 valence electrons. The first-order valence-corrected chi connectivity index (χ1v) is 5.78. The van der Waals surface area contributed by atoms with Gasteiger partial charge in [0.25, 0.3) is 0 Å². The van der Waals surface area contributed by atoms with Crippen molar-refractivity contribution < 1.29 is 4.79 Å². The van der Waals surface area contributed by atoms with Gasteiger partial charge in [-0.25, -0.2) is 9.97 Å². The largest absolute Gasteiger partial charge is 0.384 e. The highest BCUT2D eigenvalue weighted by molar-refractivity contribution is 5.76. The second kappa shape index (κ2) is 4.99. The van der Waals surface area contributed by atoms with Crippen LogP contribution < -0.4 is 16.8 Å². The van der Waals surface area contributed by atoms with Gasteiger partial charge in [-0.3, -0.25) is 4.79 Å². The summed E-state index contributed by atoms with van der Waals surface area (Å²) in [5, 5.41) is 3.30. The highest BCUT2D eigenvalue weighted by Crippen LogP contribution is 2.25. The zero-order valence-electron chi connectivity index (χ0n) is 9.60. The molecule has 17 heavy (non-hydrogen) atoms. The van der Waals surface area contributed by atoms with E-state index >= 15 is 0 Å².